The number of nitrogens with zero attached hydrogens (tertiary/aromatic N) is 1. The van der Waals surface area contributed by atoms with E-state index < -0.39 is 11.6 Å². The van der Waals surface area contributed by atoms with Gasteiger partial charge in [0.2, 0.25) is 0 Å². The second kappa shape index (κ2) is 8.36. The molecule has 0 N–H and O–H groups in total. The first-order valence-corrected chi connectivity index (χ1v) is 10.2. The van der Waals surface area contributed by atoms with Crippen LogP contribution in [0, 0.1) is 11.3 Å². The highest BCUT2D eigenvalue weighted by Gasteiger charge is 2.46. The number of hydroxylamine groups is 2. The third-order valence-corrected chi connectivity index (χ3v) is 5.00. The Balaban J connectivity index is 1.80. The van der Waals surface area contributed by atoms with Gasteiger partial charge in [0.15, 0.2) is 0 Å². The molecule has 0 unspecified atom stereocenters. The zero-order valence-corrected chi connectivity index (χ0v) is 18.4. The molecule has 6 nitrogen and oxygen atoms in total. The van der Waals surface area contributed by atoms with Gasteiger partial charge in [0.1, 0.15) is 11.6 Å². The molecular formula is C23H33NO5. The van der Waals surface area contributed by atoms with E-state index in [1.807, 2.05) is 58.0 Å². The summed E-state index contributed by atoms with van der Waals surface area (Å²) < 4.78 is 17.5. The molecule has 2 saturated heterocycles. The third kappa shape index (κ3) is 5.52. The fourth-order valence-corrected chi connectivity index (χ4v) is 3.43. The lowest BCUT2D eigenvalue weighted by Gasteiger charge is -2.32. The normalized spacial score (nSPS) is 24.8. The Morgan fingerprint density at radius 2 is 1.79 bits per heavy atom. The zero-order valence-electron chi connectivity index (χ0n) is 18.4. The van der Waals surface area contributed by atoms with Gasteiger partial charge >= 0.3 is 5.97 Å². The standard InChI is InChI=1S/C23H33NO5/c1-16-18(21-26-14-23(5,6)15-27-21)12-24(19(16)20(25)29-22(2,3)4)28-13-17-10-8-7-9-11-17/h7-11,16,19H,12-15H2,1-6H3/t16-,19-/m1/s1. The van der Waals surface area contributed by atoms with Gasteiger partial charge < -0.3 is 14.2 Å². The van der Waals surface area contributed by atoms with Crippen LogP contribution in [0.4, 0.5) is 0 Å². The van der Waals surface area contributed by atoms with Gasteiger partial charge in [0.05, 0.1) is 26.4 Å². The van der Waals surface area contributed by atoms with Crippen LogP contribution in [0.15, 0.2) is 41.9 Å². The van der Waals surface area contributed by atoms with E-state index in [0.29, 0.717) is 32.3 Å². The van der Waals surface area contributed by atoms with Gasteiger partial charge in [-0.2, -0.15) is 5.06 Å². The highest BCUT2D eigenvalue weighted by molar-refractivity contribution is 5.77. The van der Waals surface area contributed by atoms with Crippen LogP contribution in [-0.2, 0) is 30.4 Å². The maximum Gasteiger partial charge on any atom is 0.326 e. The Labute approximate surface area is 173 Å². The molecule has 0 spiro atoms. The van der Waals surface area contributed by atoms with Crippen molar-refractivity contribution in [2.75, 3.05) is 19.8 Å². The van der Waals surface area contributed by atoms with Crippen molar-refractivity contribution >= 4 is 5.97 Å². The predicted octanol–water partition coefficient (Wildman–Crippen LogP) is 4.06. The lowest BCUT2D eigenvalue weighted by molar-refractivity contribution is -0.204. The van der Waals surface area contributed by atoms with Crippen LogP contribution < -0.4 is 0 Å². The summed E-state index contributed by atoms with van der Waals surface area (Å²) in [5, 5.41) is 1.71. The fourth-order valence-electron chi connectivity index (χ4n) is 3.43. The summed E-state index contributed by atoms with van der Waals surface area (Å²) in [6, 6.07) is 9.34. The number of carbonyl (C=O) groups excluding carboxylic acids is 1. The van der Waals surface area contributed by atoms with Crippen LogP contribution in [0.2, 0.25) is 0 Å². The lowest BCUT2D eigenvalue weighted by Crippen LogP contribution is -2.42. The predicted molar refractivity (Wildman–Crippen MR) is 109 cm³/mol. The molecule has 2 atom stereocenters. The average molecular weight is 404 g/mol. The number of hydrogen-bond acceptors (Lipinski definition) is 6. The number of ether oxygens (including phenoxy) is 3. The summed E-state index contributed by atoms with van der Waals surface area (Å²) in [6.07, 6.45) is 0. The SMILES string of the molecule is C[C@@H]1C(=C2OCC(C)(C)CO2)CN(OCc2ccccc2)[C@H]1C(=O)OC(C)(C)C. The van der Waals surface area contributed by atoms with Gasteiger partial charge in [-0.3, -0.25) is 9.63 Å². The molecule has 0 saturated carbocycles. The van der Waals surface area contributed by atoms with Crippen molar-refractivity contribution in [2.45, 2.75) is 59.8 Å². The van der Waals surface area contributed by atoms with Crippen LogP contribution in [0.1, 0.15) is 47.1 Å². The Morgan fingerprint density at radius 1 is 1.17 bits per heavy atom. The van der Waals surface area contributed by atoms with Crippen molar-refractivity contribution in [3.05, 3.63) is 47.4 Å². The molecule has 0 radical (unpaired) electrons. The fraction of sp³-hybridized carbons (Fsp3) is 0.609. The number of benzene rings is 1. The molecule has 160 valence electrons. The van der Waals surface area contributed by atoms with Gasteiger partial charge in [-0.25, -0.2) is 0 Å². The molecule has 29 heavy (non-hydrogen) atoms. The summed E-state index contributed by atoms with van der Waals surface area (Å²) in [5.74, 6) is 0.0813. The van der Waals surface area contributed by atoms with Gasteiger partial charge in [-0.15, -0.1) is 0 Å². The van der Waals surface area contributed by atoms with Crippen molar-refractivity contribution in [3.63, 3.8) is 0 Å². The molecule has 3 rings (SSSR count). The summed E-state index contributed by atoms with van der Waals surface area (Å²) in [7, 11) is 0. The van der Waals surface area contributed by atoms with Crippen molar-refractivity contribution in [2.24, 2.45) is 11.3 Å². The molecular weight excluding hydrogens is 370 g/mol. The number of esters is 1. The highest BCUT2D eigenvalue weighted by atomic mass is 16.7. The monoisotopic (exact) mass is 403 g/mol. The van der Waals surface area contributed by atoms with Gasteiger partial charge in [0, 0.05) is 16.9 Å². The van der Waals surface area contributed by atoms with Crippen LogP contribution in [-0.4, -0.2) is 42.4 Å². The molecule has 2 heterocycles. The second-order valence-electron chi connectivity index (χ2n) is 9.66. The van der Waals surface area contributed by atoms with Crippen molar-refractivity contribution in [1.29, 1.82) is 0 Å². The minimum Gasteiger partial charge on any atom is -0.465 e. The van der Waals surface area contributed by atoms with E-state index in [4.69, 9.17) is 19.0 Å². The first kappa shape index (κ1) is 21.7. The molecule has 1 aromatic carbocycles. The van der Waals surface area contributed by atoms with E-state index in [2.05, 4.69) is 13.8 Å². The smallest absolute Gasteiger partial charge is 0.326 e. The van der Waals surface area contributed by atoms with E-state index >= 15 is 0 Å². The quantitative estimate of drug-likeness (QED) is 0.707. The first-order valence-electron chi connectivity index (χ1n) is 10.2. The average Bonchev–Trinajstić information content (AvgIpc) is 2.96. The Hall–Kier alpha value is -2.05. The topological polar surface area (TPSA) is 57.2 Å². The van der Waals surface area contributed by atoms with E-state index in [9.17, 15) is 4.79 Å². The number of carbonyl (C=O) groups is 1. The van der Waals surface area contributed by atoms with Gasteiger partial charge in [-0.1, -0.05) is 51.1 Å². The molecule has 2 fully saturated rings. The second-order valence-corrected chi connectivity index (χ2v) is 9.66. The number of hydrogen-bond donors (Lipinski definition) is 0. The molecule has 1 aromatic rings. The minimum atomic E-state index is -0.570. The minimum absolute atomic E-state index is 0.0278. The lowest BCUT2D eigenvalue weighted by atomic mass is 9.95. The molecule has 0 aliphatic carbocycles. The molecule has 0 bridgehead atoms. The maximum absolute atomic E-state index is 13.0. The van der Waals surface area contributed by atoms with Gasteiger partial charge in [-0.05, 0) is 26.3 Å². The van der Waals surface area contributed by atoms with Crippen LogP contribution >= 0.6 is 0 Å². The van der Waals surface area contributed by atoms with Crippen LogP contribution in [0.5, 0.6) is 0 Å². The van der Waals surface area contributed by atoms with E-state index in [1.165, 1.54) is 0 Å². The molecule has 6 heteroatoms. The third-order valence-electron chi connectivity index (χ3n) is 5.00. The maximum atomic E-state index is 13.0. The zero-order chi connectivity index (χ0) is 21.2. The summed E-state index contributed by atoms with van der Waals surface area (Å²) in [4.78, 5) is 19.0. The Kier molecular flexibility index (Phi) is 6.24. The van der Waals surface area contributed by atoms with Crippen molar-refractivity contribution in [1.82, 2.24) is 5.06 Å². The van der Waals surface area contributed by atoms with E-state index in [1.54, 1.807) is 5.06 Å². The van der Waals surface area contributed by atoms with Crippen LogP contribution in [0.3, 0.4) is 0 Å². The molecule has 2 aliphatic heterocycles. The van der Waals surface area contributed by atoms with Crippen molar-refractivity contribution < 1.29 is 23.8 Å². The Morgan fingerprint density at radius 3 is 2.38 bits per heavy atom. The highest BCUT2D eigenvalue weighted by Crippen LogP contribution is 2.36. The molecule has 0 amide bonds. The van der Waals surface area contributed by atoms with Crippen molar-refractivity contribution in [3.8, 4) is 0 Å². The summed E-state index contributed by atoms with van der Waals surface area (Å²) >= 11 is 0. The summed E-state index contributed by atoms with van der Waals surface area (Å²) in [6.45, 7) is 13.8. The van der Waals surface area contributed by atoms with E-state index in [0.717, 1.165) is 11.1 Å². The molecule has 0 aromatic heterocycles. The summed E-state index contributed by atoms with van der Waals surface area (Å²) in [5.41, 5.74) is 1.38. The van der Waals surface area contributed by atoms with E-state index in [-0.39, 0.29) is 17.3 Å². The first-order chi connectivity index (χ1) is 13.6. The number of rotatable bonds is 4. The Bertz CT molecular complexity index is 738. The van der Waals surface area contributed by atoms with Gasteiger partial charge in [0.25, 0.3) is 5.95 Å². The largest absolute Gasteiger partial charge is 0.465 e. The van der Waals surface area contributed by atoms with Crippen LogP contribution in [0.25, 0.3) is 0 Å². The molecule has 2 aliphatic rings.